The lowest BCUT2D eigenvalue weighted by atomic mass is 10.1. The van der Waals surface area contributed by atoms with Gasteiger partial charge in [-0.05, 0) is 37.1 Å². The number of hydrogen-bond donors (Lipinski definition) is 1. The van der Waals surface area contributed by atoms with Crippen molar-refractivity contribution in [2.45, 2.75) is 26.3 Å². The molecule has 146 valence electrons. The lowest BCUT2D eigenvalue weighted by Gasteiger charge is -2.12. The van der Waals surface area contributed by atoms with Gasteiger partial charge < -0.3 is 14.6 Å². The number of hydrogen-bond acceptors (Lipinski definition) is 4. The Morgan fingerprint density at radius 1 is 1.14 bits per heavy atom. The number of aromatic nitrogens is 2. The van der Waals surface area contributed by atoms with Crippen LogP contribution in [0.1, 0.15) is 30.1 Å². The summed E-state index contributed by atoms with van der Waals surface area (Å²) >= 11 is 0. The normalized spacial score (nSPS) is 10.9. The predicted octanol–water partition coefficient (Wildman–Crippen LogP) is 3.24. The highest BCUT2D eigenvalue weighted by atomic mass is 16.5. The number of ether oxygens (including phenoxy) is 1. The van der Waals surface area contributed by atoms with E-state index >= 15 is 0 Å². The number of nitrogens with zero attached hydrogens (tertiary/aromatic N) is 2. The predicted molar refractivity (Wildman–Crippen MR) is 111 cm³/mol. The highest BCUT2D eigenvalue weighted by molar-refractivity contribution is 5.94. The number of benzene rings is 2. The Morgan fingerprint density at radius 2 is 1.89 bits per heavy atom. The molecule has 0 bridgehead atoms. The molecular formula is C22H25N3O3. The zero-order valence-electron chi connectivity index (χ0n) is 16.3. The molecule has 3 aromatic rings. The summed E-state index contributed by atoms with van der Waals surface area (Å²) in [6.07, 6.45) is 1.62. The van der Waals surface area contributed by atoms with Crippen molar-refractivity contribution >= 4 is 16.9 Å². The van der Waals surface area contributed by atoms with E-state index < -0.39 is 0 Å². The van der Waals surface area contributed by atoms with Gasteiger partial charge in [-0.3, -0.25) is 9.59 Å². The van der Waals surface area contributed by atoms with Crippen molar-refractivity contribution in [3.63, 3.8) is 0 Å². The number of nitrogens with one attached hydrogen (secondary N) is 1. The lowest BCUT2D eigenvalue weighted by molar-refractivity contribution is 0.0948. The standard InChI is InChI=1S/C22H25N3O3/c1-3-14-25-19-8-5-4-7-18(19)24-20(22(25)27)16-9-11-17(12-10-16)21(26)23-13-6-15-28-2/h4-5,7-12H,3,6,13-15H2,1-2H3,(H,23,26). The smallest absolute Gasteiger partial charge is 0.277 e. The third-order valence-corrected chi connectivity index (χ3v) is 4.53. The van der Waals surface area contributed by atoms with E-state index in [9.17, 15) is 9.59 Å². The molecule has 0 aliphatic heterocycles. The minimum atomic E-state index is -0.141. The molecule has 2 aromatic carbocycles. The van der Waals surface area contributed by atoms with Gasteiger partial charge in [0.15, 0.2) is 0 Å². The molecule has 0 saturated heterocycles. The fraction of sp³-hybridized carbons (Fsp3) is 0.318. The molecular weight excluding hydrogens is 354 g/mol. The first-order chi connectivity index (χ1) is 13.7. The summed E-state index contributed by atoms with van der Waals surface area (Å²) in [5.74, 6) is -0.141. The van der Waals surface area contributed by atoms with Crippen LogP contribution in [0.4, 0.5) is 0 Å². The van der Waals surface area contributed by atoms with E-state index in [4.69, 9.17) is 4.74 Å². The number of methoxy groups -OCH3 is 1. The Kier molecular flexibility index (Phi) is 6.55. The van der Waals surface area contributed by atoms with Crippen molar-refractivity contribution in [1.82, 2.24) is 14.9 Å². The molecule has 0 aliphatic rings. The van der Waals surface area contributed by atoms with Crippen molar-refractivity contribution in [2.75, 3.05) is 20.3 Å². The number of rotatable bonds is 8. The quantitative estimate of drug-likeness (QED) is 0.610. The number of para-hydroxylation sites is 2. The monoisotopic (exact) mass is 379 g/mol. The van der Waals surface area contributed by atoms with Gasteiger partial charge in [-0.1, -0.05) is 31.2 Å². The Hall–Kier alpha value is -2.99. The van der Waals surface area contributed by atoms with Crippen molar-refractivity contribution in [3.05, 3.63) is 64.4 Å². The van der Waals surface area contributed by atoms with E-state index in [1.165, 1.54) is 0 Å². The summed E-state index contributed by atoms with van der Waals surface area (Å²) < 4.78 is 6.74. The molecule has 1 aromatic heterocycles. The van der Waals surface area contributed by atoms with Crippen molar-refractivity contribution in [1.29, 1.82) is 0 Å². The van der Waals surface area contributed by atoms with Gasteiger partial charge in [-0.25, -0.2) is 4.98 Å². The van der Waals surface area contributed by atoms with Crippen LogP contribution in [0.3, 0.4) is 0 Å². The fourth-order valence-electron chi connectivity index (χ4n) is 3.13. The highest BCUT2D eigenvalue weighted by Gasteiger charge is 2.13. The van der Waals surface area contributed by atoms with Crippen LogP contribution < -0.4 is 10.9 Å². The van der Waals surface area contributed by atoms with Crippen molar-refractivity contribution in [2.24, 2.45) is 0 Å². The molecule has 3 rings (SSSR count). The summed E-state index contributed by atoms with van der Waals surface area (Å²) in [4.78, 5) is 29.8. The fourth-order valence-corrected chi connectivity index (χ4v) is 3.13. The molecule has 6 nitrogen and oxygen atoms in total. The van der Waals surface area contributed by atoms with Crippen LogP contribution in [0.25, 0.3) is 22.3 Å². The molecule has 1 amide bonds. The molecule has 28 heavy (non-hydrogen) atoms. The van der Waals surface area contributed by atoms with Gasteiger partial charge >= 0.3 is 0 Å². The van der Waals surface area contributed by atoms with E-state index in [0.717, 1.165) is 23.9 Å². The first kappa shape index (κ1) is 19.8. The summed E-state index contributed by atoms with van der Waals surface area (Å²) in [6, 6.07) is 14.7. The number of amides is 1. The summed E-state index contributed by atoms with van der Waals surface area (Å²) in [6.45, 7) is 3.84. The number of fused-ring (bicyclic) bond motifs is 1. The molecule has 0 aliphatic carbocycles. The van der Waals surface area contributed by atoms with Gasteiger partial charge in [0.2, 0.25) is 0 Å². The van der Waals surface area contributed by atoms with Crippen molar-refractivity contribution < 1.29 is 9.53 Å². The lowest BCUT2D eigenvalue weighted by Crippen LogP contribution is -2.25. The van der Waals surface area contributed by atoms with Crippen LogP contribution in [0.15, 0.2) is 53.3 Å². The van der Waals surface area contributed by atoms with E-state index in [-0.39, 0.29) is 11.5 Å². The number of carbonyl (C=O) groups is 1. The van der Waals surface area contributed by atoms with Crippen LogP contribution in [0, 0.1) is 0 Å². The molecule has 1 N–H and O–H groups in total. The second kappa shape index (κ2) is 9.28. The second-order valence-electron chi connectivity index (χ2n) is 6.59. The first-order valence-corrected chi connectivity index (χ1v) is 9.53. The minimum Gasteiger partial charge on any atom is -0.385 e. The van der Waals surface area contributed by atoms with E-state index in [1.807, 2.05) is 31.2 Å². The molecule has 0 saturated carbocycles. The molecule has 0 radical (unpaired) electrons. The van der Waals surface area contributed by atoms with Crippen LogP contribution >= 0.6 is 0 Å². The van der Waals surface area contributed by atoms with Crippen LogP contribution in [0.2, 0.25) is 0 Å². The summed E-state index contributed by atoms with van der Waals surface area (Å²) in [5, 5.41) is 2.85. The first-order valence-electron chi connectivity index (χ1n) is 9.53. The van der Waals surface area contributed by atoms with Gasteiger partial charge in [0.05, 0.1) is 11.0 Å². The van der Waals surface area contributed by atoms with Gasteiger partial charge in [0.25, 0.3) is 11.5 Å². The molecule has 0 atom stereocenters. The maximum absolute atomic E-state index is 13.0. The van der Waals surface area contributed by atoms with E-state index in [2.05, 4.69) is 10.3 Å². The summed E-state index contributed by atoms with van der Waals surface area (Å²) in [5.41, 5.74) is 3.17. The minimum absolute atomic E-state index is 0.114. The third kappa shape index (κ3) is 4.28. The Balaban J connectivity index is 1.89. The SMILES string of the molecule is CCCn1c(=O)c(-c2ccc(C(=O)NCCCOC)cc2)nc2ccccc21. The second-order valence-corrected chi connectivity index (χ2v) is 6.59. The van der Waals surface area contributed by atoms with Gasteiger partial charge in [-0.15, -0.1) is 0 Å². The summed E-state index contributed by atoms with van der Waals surface area (Å²) in [7, 11) is 1.63. The Morgan fingerprint density at radius 3 is 2.61 bits per heavy atom. The zero-order valence-corrected chi connectivity index (χ0v) is 16.3. The Bertz CT molecular complexity index is 1010. The topological polar surface area (TPSA) is 73.2 Å². The van der Waals surface area contributed by atoms with Crippen LogP contribution in [0.5, 0.6) is 0 Å². The van der Waals surface area contributed by atoms with Gasteiger partial charge in [0, 0.05) is 37.9 Å². The van der Waals surface area contributed by atoms with Gasteiger partial charge in [0.1, 0.15) is 5.69 Å². The average Bonchev–Trinajstić information content (AvgIpc) is 2.73. The molecule has 0 spiro atoms. The molecule has 0 fully saturated rings. The van der Waals surface area contributed by atoms with E-state index in [0.29, 0.717) is 36.5 Å². The zero-order chi connectivity index (χ0) is 19.9. The third-order valence-electron chi connectivity index (χ3n) is 4.53. The van der Waals surface area contributed by atoms with Crippen molar-refractivity contribution in [3.8, 4) is 11.3 Å². The number of aryl methyl sites for hydroxylation is 1. The maximum Gasteiger partial charge on any atom is 0.277 e. The Labute approximate surface area is 164 Å². The molecule has 0 unspecified atom stereocenters. The number of carbonyl (C=O) groups excluding carboxylic acids is 1. The van der Waals surface area contributed by atoms with Crippen LogP contribution in [-0.2, 0) is 11.3 Å². The van der Waals surface area contributed by atoms with Gasteiger partial charge in [-0.2, -0.15) is 0 Å². The highest BCUT2D eigenvalue weighted by Crippen LogP contribution is 2.18. The van der Waals surface area contributed by atoms with Crippen LogP contribution in [-0.4, -0.2) is 35.7 Å². The average molecular weight is 379 g/mol. The molecule has 6 heteroatoms. The largest absolute Gasteiger partial charge is 0.385 e. The molecule has 1 heterocycles. The van der Waals surface area contributed by atoms with E-state index in [1.54, 1.807) is 35.9 Å². The maximum atomic E-state index is 13.0.